The number of sulfonamides is 1. The van der Waals surface area contributed by atoms with E-state index >= 15 is 0 Å². The lowest BCUT2D eigenvalue weighted by Gasteiger charge is -2.09. The number of hydrogen-bond acceptors (Lipinski definition) is 5. The van der Waals surface area contributed by atoms with Gasteiger partial charge in [-0.15, -0.1) is 0 Å². The molecule has 0 amide bonds. The van der Waals surface area contributed by atoms with Crippen molar-refractivity contribution in [3.63, 3.8) is 0 Å². The number of carbonyl (C=O) groups excluding carboxylic acids is 1. The number of carbonyl (C=O) groups is 1. The lowest BCUT2D eigenvalue weighted by atomic mass is 10.3. The first-order valence-electron chi connectivity index (χ1n) is 6.07. The Morgan fingerprint density at radius 3 is 2.75 bits per heavy atom. The predicted octanol–water partition coefficient (Wildman–Crippen LogP) is 1.03. The Bertz CT molecular complexity index is 555. The Labute approximate surface area is 117 Å². The van der Waals surface area contributed by atoms with Crippen LogP contribution in [0.2, 0.25) is 0 Å². The van der Waals surface area contributed by atoms with Gasteiger partial charge in [0.1, 0.15) is 10.7 Å². The van der Waals surface area contributed by atoms with E-state index in [0.717, 1.165) is 6.07 Å². The van der Waals surface area contributed by atoms with Crippen LogP contribution in [-0.2, 0) is 19.6 Å². The maximum Gasteiger partial charge on any atom is 0.305 e. The number of nitrogen functional groups attached to an aromatic ring is 1. The van der Waals surface area contributed by atoms with Gasteiger partial charge in [0.15, 0.2) is 0 Å². The monoisotopic (exact) mass is 304 g/mol. The average molecular weight is 304 g/mol. The number of halogens is 1. The van der Waals surface area contributed by atoms with Crippen molar-refractivity contribution < 1.29 is 22.3 Å². The zero-order valence-electron chi connectivity index (χ0n) is 11.1. The van der Waals surface area contributed by atoms with Crippen LogP contribution in [0.4, 0.5) is 10.1 Å². The van der Waals surface area contributed by atoms with Crippen LogP contribution in [0.1, 0.15) is 19.8 Å². The molecule has 1 aromatic carbocycles. The SMILES string of the molecule is CCOC(=O)CCCNS(=O)(=O)c1c(N)cccc1F. The van der Waals surface area contributed by atoms with Crippen molar-refractivity contribution in [1.82, 2.24) is 4.72 Å². The van der Waals surface area contributed by atoms with Gasteiger partial charge >= 0.3 is 5.97 Å². The Morgan fingerprint density at radius 1 is 1.45 bits per heavy atom. The molecule has 20 heavy (non-hydrogen) atoms. The van der Waals surface area contributed by atoms with Crippen molar-refractivity contribution in [2.24, 2.45) is 0 Å². The first-order chi connectivity index (χ1) is 9.38. The lowest BCUT2D eigenvalue weighted by molar-refractivity contribution is -0.143. The zero-order chi connectivity index (χ0) is 15.2. The van der Waals surface area contributed by atoms with Crippen LogP contribution >= 0.6 is 0 Å². The summed E-state index contributed by atoms with van der Waals surface area (Å²) in [4.78, 5) is 10.5. The summed E-state index contributed by atoms with van der Waals surface area (Å²) in [5.41, 5.74) is 5.30. The molecule has 0 radical (unpaired) electrons. The molecule has 8 heteroatoms. The fourth-order valence-corrected chi connectivity index (χ4v) is 2.81. The molecule has 0 spiro atoms. The first-order valence-corrected chi connectivity index (χ1v) is 7.56. The molecule has 0 unspecified atom stereocenters. The van der Waals surface area contributed by atoms with Gasteiger partial charge in [0.2, 0.25) is 10.0 Å². The minimum absolute atomic E-state index is 0.00504. The number of benzene rings is 1. The van der Waals surface area contributed by atoms with E-state index in [0.29, 0.717) is 0 Å². The molecule has 0 aliphatic carbocycles. The van der Waals surface area contributed by atoms with Gasteiger partial charge in [-0.1, -0.05) is 6.07 Å². The highest BCUT2D eigenvalue weighted by Crippen LogP contribution is 2.21. The molecule has 0 saturated carbocycles. The summed E-state index contributed by atoms with van der Waals surface area (Å²) < 4.78 is 44.2. The van der Waals surface area contributed by atoms with Gasteiger partial charge in [0.25, 0.3) is 0 Å². The highest BCUT2D eigenvalue weighted by molar-refractivity contribution is 7.89. The third-order valence-electron chi connectivity index (χ3n) is 2.42. The second kappa shape index (κ2) is 7.20. The third kappa shape index (κ3) is 4.46. The summed E-state index contributed by atoms with van der Waals surface area (Å²) in [5, 5.41) is 0. The van der Waals surface area contributed by atoms with E-state index in [1.165, 1.54) is 12.1 Å². The van der Waals surface area contributed by atoms with Crippen molar-refractivity contribution in [3.05, 3.63) is 24.0 Å². The average Bonchev–Trinajstić information content (AvgIpc) is 2.34. The van der Waals surface area contributed by atoms with E-state index in [4.69, 9.17) is 10.5 Å². The van der Waals surface area contributed by atoms with Crippen molar-refractivity contribution >= 4 is 21.7 Å². The molecular formula is C12H17FN2O4S. The van der Waals surface area contributed by atoms with Crippen LogP contribution in [0.15, 0.2) is 23.1 Å². The molecule has 0 heterocycles. The van der Waals surface area contributed by atoms with E-state index in [-0.39, 0.29) is 31.7 Å². The predicted molar refractivity (Wildman–Crippen MR) is 71.9 cm³/mol. The summed E-state index contributed by atoms with van der Waals surface area (Å²) in [6.07, 6.45) is 0.343. The molecule has 0 bridgehead atoms. The van der Waals surface area contributed by atoms with E-state index in [1.54, 1.807) is 6.92 Å². The molecule has 0 aromatic heterocycles. The van der Waals surface area contributed by atoms with E-state index in [9.17, 15) is 17.6 Å². The van der Waals surface area contributed by atoms with Gasteiger partial charge in [-0.25, -0.2) is 17.5 Å². The number of rotatable bonds is 7. The second-order valence-electron chi connectivity index (χ2n) is 3.96. The molecule has 0 saturated heterocycles. The third-order valence-corrected chi connectivity index (χ3v) is 3.97. The number of hydrogen-bond donors (Lipinski definition) is 2. The molecule has 3 N–H and O–H groups in total. The van der Waals surface area contributed by atoms with Crippen LogP contribution < -0.4 is 10.5 Å². The summed E-state index contributed by atoms with van der Waals surface area (Å²) in [7, 11) is -4.03. The maximum absolute atomic E-state index is 13.5. The van der Waals surface area contributed by atoms with Crippen molar-refractivity contribution in [1.29, 1.82) is 0 Å². The van der Waals surface area contributed by atoms with Crippen molar-refractivity contribution in [2.75, 3.05) is 18.9 Å². The second-order valence-corrected chi connectivity index (χ2v) is 5.67. The zero-order valence-corrected chi connectivity index (χ0v) is 11.9. The Kier molecular flexibility index (Phi) is 5.90. The summed E-state index contributed by atoms with van der Waals surface area (Å²) in [6.45, 7) is 1.95. The van der Waals surface area contributed by atoms with E-state index in [2.05, 4.69) is 4.72 Å². The Hall–Kier alpha value is -1.67. The van der Waals surface area contributed by atoms with Gasteiger partial charge < -0.3 is 10.5 Å². The quantitative estimate of drug-likeness (QED) is 0.445. The summed E-state index contributed by atoms with van der Waals surface area (Å²) >= 11 is 0. The molecule has 0 atom stereocenters. The number of nitrogens with one attached hydrogen (secondary N) is 1. The highest BCUT2D eigenvalue weighted by Gasteiger charge is 2.21. The normalized spacial score (nSPS) is 11.3. The molecular weight excluding hydrogens is 287 g/mol. The fourth-order valence-electron chi connectivity index (χ4n) is 1.55. The molecule has 112 valence electrons. The molecule has 0 aliphatic rings. The largest absolute Gasteiger partial charge is 0.466 e. The van der Waals surface area contributed by atoms with Crippen LogP contribution in [0.25, 0.3) is 0 Å². The molecule has 0 fully saturated rings. The summed E-state index contributed by atoms with van der Waals surface area (Å²) in [6, 6.07) is 3.64. The van der Waals surface area contributed by atoms with Gasteiger partial charge in [-0.2, -0.15) is 0 Å². The van der Waals surface area contributed by atoms with E-state index < -0.39 is 26.7 Å². The Balaban J connectivity index is 2.61. The van der Waals surface area contributed by atoms with Gasteiger partial charge in [0, 0.05) is 13.0 Å². The number of anilines is 1. The van der Waals surface area contributed by atoms with Crippen LogP contribution in [0, 0.1) is 5.82 Å². The topological polar surface area (TPSA) is 98.5 Å². The molecule has 0 aliphatic heterocycles. The van der Waals surface area contributed by atoms with Gasteiger partial charge in [-0.05, 0) is 25.5 Å². The van der Waals surface area contributed by atoms with Gasteiger partial charge in [-0.3, -0.25) is 4.79 Å². The standard InChI is InChI=1S/C12H17FN2O4S/c1-2-19-11(16)7-4-8-15-20(17,18)12-9(13)5-3-6-10(12)14/h3,5-6,15H,2,4,7-8,14H2,1H3. The van der Waals surface area contributed by atoms with Crippen molar-refractivity contribution in [2.45, 2.75) is 24.7 Å². The lowest BCUT2D eigenvalue weighted by Crippen LogP contribution is -2.27. The smallest absolute Gasteiger partial charge is 0.305 e. The van der Waals surface area contributed by atoms with Crippen LogP contribution in [0.3, 0.4) is 0 Å². The summed E-state index contributed by atoms with van der Waals surface area (Å²) in [5.74, 6) is -1.32. The molecule has 6 nitrogen and oxygen atoms in total. The van der Waals surface area contributed by atoms with Crippen molar-refractivity contribution in [3.8, 4) is 0 Å². The number of ether oxygens (including phenoxy) is 1. The molecule has 1 rings (SSSR count). The van der Waals surface area contributed by atoms with E-state index in [1.807, 2.05) is 0 Å². The minimum atomic E-state index is -4.03. The van der Waals surface area contributed by atoms with Crippen LogP contribution in [0.5, 0.6) is 0 Å². The fraction of sp³-hybridized carbons (Fsp3) is 0.417. The number of esters is 1. The molecule has 1 aromatic rings. The number of nitrogens with two attached hydrogens (primary N) is 1. The highest BCUT2D eigenvalue weighted by atomic mass is 32.2. The first kappa shape index (κ1) is 16.4. The maximum atomic E-state index is 13.5. The van der Waals surface area contributed by atoms with Crippen LogP contribution in [-0.4, -0.2) is 27.5 Å². The van der Waals surface area contributed by atoms with Gasteiger partial charge in [0.05, 0.1) is 12.3 Å². The Morgan fingerprint density at radius 2 is 2.15 bits per heavy atom. The minimum Gasteiger partial charge on any atom is -0.466 e.